The molecule has 2 rings (SSSR count). The maximum Gasteiger partial charge on any atom is 0.152 e. The largest absolute Gasteiger partial charge is 0.380 e. The van der Waals surface area contributed by atoms with Gasteiger partial charge in [0, 0.05) is 35.8 Å². The number of para-hydroxylation sites is 1. The Balaban J connectivity index is 2.19. The van der Waals surface area contributed by atoms with Crippen LogP contribution in [0.2, 0.25) is 0 Å². The molecule has 0 amide bonds. The number of carbonyl (C=O) groups excluding carboxylic acids is 1. The van der Waals surface area contributed by atoms with Crippen molar-refractivity contribution in [2.45, 2.75) is 19.9 Å². The Bertz CT molecular complexity index is 502. The van der Waals surface area contributed by atoms with Crippen LogP contribution >= 0.6 is 0 Å². The fourth-order valence-electron chi connectivity index (χ4n) is 1.96. The third kappa shape index (κ3) is 2.56. The number of carbonyl (C=O) groups is 1. The summed E-state index contributed by atoms with van der Waals surface area (Å²) in [5.41, 5.74) is 1.84. The predicted molar refractivity (Wildman–Crippen MR) is 68.4 cm³/mol. The van der Waals surface area contributed by atoms with Crippen molar-refractivity contribution in [1.82, 2.24) is 4.57 Å². The van der Waals surface area contributed by atoms with E-state index in [1.165, 1.54) is 0 Å². The SMILES string of the molecule is CCCOCCn1cc(C=O)c2ccccc21. The van der Waals surface area contributed by atoms with Crippen LogP contribution in [-0.2, 0) is 11.3 Å². The molecule has 1 aromatic carbocycles. The number of rotatable bonds is 6. The van der Waals surface area contributed by atoms with Gasteiger partial charge < -0.3 is 9.30 Å². The topological polar surface area (TPSA) is 31.2 Å². The first-order chi connectivity index (χ1) is 8.36. The Morgan fingerprint density at radius 1 is 1.29 bits per heavy atom. The molecule has 1 aromatic heterocycles. The Morgan fingerprint density at radius 2 is 2.12 bits per heavy atom. The second-order valence-corrected chi connectivity index (χ2v) is 4.03. The summed E-state index contributed by atoms with van der Waals surface area (Å²) in [6, 6.07) is 7.94. The van der Waals surface area contributed by atoms with E-state index in [9.17, 15) is 4.79 Å². The summed E-state index contributed by atoms with van der Waals surface area (Å²) in [5.74, 6) is 0. The highest BCUT2D eigenvalue weighted by Gasteiger charge is 2.06. The average Bonchev–Trinajstić information content (AvgIpc) is 2.73. The van der Waals surface area contributed by atoms with Gasteiger partial charge in [-0.25, -0.2) is 0 Å². The number of aromatic nitrogens is 1. The quantitative estimate of drug-likeness (QED) is 0.565. The lowest BCUT2D eigenvalue weighted by Gasteiger charge is -2.05. The summed E-state index contributed by atoms with van der Waals surface area (Å²) >= 11 is 0. The molecule has 0 aliphatic rings. The molecule has 0 spiro atoms. The van der Waals surface area contributed by atoms with Crippen molar-refractivity contribution in [2.75, 3.05) is 13.2 Å². The van der Waals surface area contributed by atoms with Gasteiger partial charge in [0.15, 0.2) is 6.29 Å². The van der Waals surface area contributed by atoms with Gasteiger partial charge in [0.2, 0.25) is 0 Å². The third-order valence-corrected chi connectivity index (χ3v) is 2.77. The van der Waals surface area contributed by atoms with E-state index in [0.717, 1.165) is 42.3 Å². The fraction of sp³-hybridized carbons (Fsp3) is 0.357. The molecule has 0 bridgehead atoms. The van der Waals surface area contributed by atoms with Crippen molar-refractivity contribution >= 4 is 17.2 Å². The number of ether oxygens (including phenoxy) is 1. The van der Waals surface area contributed by atoms with E-state index in [0.29, 0.717) is 6.61 Å². The lowest BCUT2D eigenvalue weighted by Crippen LogP contribution is -2.05. The summed E-state index contributed by atoms with van der Waals surface area (Å²) in [6.07, 6.45) is 3.84. The Labute approximate surface area is 101 Å². The molecule has 2 aromatic rings. The highest BCUT2D eigenvalue weighted by molar-refractivity contribution is 5.97. The van der Waals surface area contributed by atoms with Crippen molar-refractivity contribution in [3.05, 3.63) is 36.0 Å². The Morgan fingerprint density at radius 3 is 2.88 bits per heavy atom. The summed E-state index contributed by atoms with van der Waals surface area (Å²) < 4.78 is 7.55. The zero-order valence-corrected chi connectivity index (χ0v) is 10.1. The van der Waals surface area contributed by atoms with Crippen LogP contribution in [0, 0.1) is 0 Å². The maximum absolute atomic E-state index is 11.0. The molecule has 0 fully saturated rings. The highest BCUT2D eigenvalue weighted by Crippen LogP contribution is 2.19. The van der Waals surface area contributed by atoms with Gasteiger partial charge in [-0.2, -0.15) is 0 Å². The molecular formula is C14H17NO2. The van der Waals surface area contributed by atoms with Crippen molar-refractivity contribution in [3.63, 3.8) is 0 Å². The first-order valence-electron chi connectivity index (χ1n) is 5.97. The van der Waals surface area contributed by atoms with Gasteiger partial charge in [-0.15, -0.1) is 0 Å². The molecule has 0 aliphatic heterocycles. The standard InChI is InChI=1S/C14H17NO2/c1-2-8-17-9-7-15-10-12(11-16)13-5-3-4-6-14(13)15/h3-6,10-11H,2,7-9H2,1H3. The van der Waals surface area contributed by atoms with Crippen LogP contribution < -0.4 is 0 Å². The van der Waals surface area contributed by atoms with Crippen molar-refractivity contribution < 1.29 is 9.53 Å². The number of aldehydes is 1. The van der Waals surface area contributed by atoms with E-state index in [1.54, 1.807) is 0 Å². The van der Waals surface area contributed by atoms with E-state index < -0.39 is 0 Å². The molecular weight excluding hydrogens is 214 g/mol. The first kappa shape index (κ1) is 11.9. The average molecular weight is 231 g/mol. The molecule has 1 heterocycles. The van der Waals surface area contributed by atoms with E-state index in [2.05, 4.69) is 11.5 Å². The monoisotopic (exact) mass is 231 g/mol. The van der Waals surface area contributed by atoms with Crippen LogP contribution in [0.25, 0.3) is 10.9 Å². The van der Waals surface area contributed by atoms with Crippen LogP contribution in [0.15, 0.2) is 30.5 Å². The molecule has 3 heteroatoms. The molecule has 0 unspecified atom stereocenters. The molecule has 17 heavy (non-hydrogen) atoms. The molecule has 0 radical (unpaired) electrons. The lowest BCUT2D eigenvalue weighted by molar-refractivity contribution is 0.112. The number of benzene rings is 1. The zero-order valence-electron chi connectivity index (χ0n) is 10.1. The minimum absolute atomic E-state index is 0.685. The second kappa shape index (κ2) is 5.64. The van der Waals surface area contributed by atoms with Crippen molar-refractivity contribution in [2.24, 2.45) is 0 Å². The summed E-state index contributed by atoms with van der Waals surface area (Å²) in [7, 11) is 0. The van der Waals surface area contributed by atoms with Crippen molar-refractivity contribution in [1.29, 1.82) is 0 Å². The van der Waals surface area contributed by atoms with Crippen LogP contribution in [-0.4, -0.2) is 24.1 Å². The second-order valence-electron chi connectivity index (χ2n) is 4.03. The summed E-state index contributed by atoms with van der Waals surface area (Å²) in [5, 5.41) is 1.01. The number of nitrogens with zero attached hydrogens (tertiary/aromatic N) is 1. The van der Waals surface area contributed by atoms with E-state index >= 15 is 0 Å². The van der Waals surface area contributed by atoms with Crippen LogP contribution in [0.5, 0.6) is 0 Å². The molecule has 0 aliphatic carbocycles. The number of fused-ring (bicyclic) bond motifs is 1. The van der Waals surface area contributed by atoms with E-state index in [4.69, 9.17) is 4.74 Å². The highest BCUT2D eigenvalue weighted by atomic mass is 16.5. The Hall–Kier alpha value is -1.61. The van der Waals surface area contributed by atoms with Gasteiger partial charge in [-0.3, -0.25) is 4.79 Å². The molecule has 0 saturated carbocycles. The number of hydrogen-bond acceptors (Lipinski definition) is 2. The van der Waals surface area contributed by atoms with Crippen molar-refractivity contribution in [3.8, 4) is 0 Å². The van der Waals surface area contributed by atoms with Gasteiger partial charge in [0.1, 0.15) is 0 Å². The van der Waals surface area contributed by atoms with E-state index in [1.807, 2.05) is 30.5 Å². The summed E-state index contributed by atoms with van der Waals surface area (Å²) in [6.45, 7) is 4.36. The maximum atomic E-state index is 11.0. The molecule has 0 N–H and O–H groups in total. The fourth-order valence-corrected chi connectivity index (χ4v) is 1.96. The van der Waals surface area contributed by atoms with Gasteiger partial charge in [-0.05, 0) is 12.5 Å². The first-order valence-corrected chi connectivity index (χ1v) is 5.97. The molecule has 3 nitrogen and oxygen atoms in total. The van der Waals surface area contributed by atoms with Crippen LogP contribution in [0.1, 0.15) is 23.7 Å². The lowest BCUT2D eigenvalue weighted by atomic mass is 10.2. The van der Waals surface area contributed by atoms with Gasteiger partial charge >= 0.3 is 0 Å². The van der Waals surface area contributed by atoms with E-state index in [-0.39, 0.29) is 0 Å². The molecule has 0 atom stereocenters. The smallest absolute Gasteiger partial charge is 0.152 e. The minimum atomic E-state index is 0.685. The molecule has 0 saturated heterocycles. The minimum Gasteiger partial charge on any atom is -0.380 e. The zero-order chi connectivity index (χ0) is 12.1. The third-order valence-electron chi connectivity index (χ3n) is 2.77. The Kier molecular flexibility index (Phi) is 3.94. The van der Waals surface area contributed by atoms with Gasteiger partial charge in [0.05, 0.1) is 6.61 Å². The molecule has 90 valence electrons. The summed E-state index contributed by atoms with van der Waals surface area (Å²) in [4.78, 5) is 11.0. The van der Waals surface area contributed by atoms with Gasteiger partial charge in [-0.1, -0.05) is 25.1 Å². The normalized spacial score (nSPS) is 10.9. The van der Waals surface area contributed by atoms with Crippen LogP contribution in [0.4, 0.5) is 0 Å². The number of hydrogen-bond donors (Lipinski definition) is 0. The van der Waals surface area contributed by atoms with Crippen LogP contribution in [0.3, 0.4) is 0 Å². The van der Waals surface area contributed by atoms with Gasteiger partial charge in [0.25, 0.3) is 0 Å². The predicted octanol–water partition coefficient (Wildman–Crippen LogP) is 2.88.